The number of piperidine rings is 1. The summed E-state index contributed by atoms with van der Waals surface area (Å²) in [5.41, 5.74) is 0. The van der Waals surface area contributed by atoms with Crippen LogP contribution in [0, 0.1) is 5.41 Å². The molecule has 0 unspecified atom stereocenters. The minimum absolute atomic E-state index is 0.0898. The number of rotatable bonds is 5. The van der Waals surface area contributed by atoms with Gasteiger partial charge in [-0.1, -0.05) is 6.42 Å². The highest BCUT2D eigenvalue weighted by atomic mass is 32.3. The summed E-state index contributed by atoms with van der Waals surface area (Å²) in [6.07, 6.45) is 2.53. The van der Waals surface area contributed by atoms with E-state index < -0.39 is 43.8 Å². The Kier molecular flexibility index (Phi) is 4.22. The Morgan fingerprint density at radius 1 is 1.21 bits per heavy atom. The van der Waals surface area contributed by atoms with Crippen LogP contribution in [0.25, 0.3) is 0 Å². The number of urea groups is 1. The number of nitrogens with one attached hydrogen (secondary N) is 2. The molecule has 2 aliphatic heterocycles. The third kappa shape index (κ3) is 3.20. The Morgan fingerprint density at radius 3 is 2.42 bits per heavy atom. The molecule has 0 aromatic carbocycles. The molecule has 2 heterocycles. The molecule has 3 aliphatic rings. The number of hydrogen-bond donors (Lipinski definition) is 3. The lowest BCUT2D eigenvalue weighted by atomic mass is 10.00. The van der Waals surface area contributed by atoms with Crippen molar-refractivity contribution in [1.29, 1.82) is 5.41 Å². The van der Waals surface area contributed by atoms with Gasteiger partial charge >= 0.3 is 16.4 Å². The predicted octanol–water partition coefficient (Wildman–Crippen LogP) is -0.561. The van der Waals surface area contributed by atoms with Gasteiger partial charge < -0.3 is 4.90 Å². The fourth-order valence-corrected chi connectivity index (χ4v) is 5.07. The van der Waals surface area contributed by atoms with E-state index in [0.29, 0.717) is 24.3 Å². The maximum atomic E-state index is 12.2. The van der Waals surface area contributed by atoms with Crippen LogP contribution in [-0.4, -0.2) is 67.1 Å². The van der Waals surface area contributed by atoms with Gasteiger partial charge in [-0.2, -0.15) is 13.5 Å². The van der Waals surface area contributed by atoms with E-state index >= 15 is 0 Å². The molecule has 2 saturated heterocycles. The van der Waals surface area contributed by atoms with Crippen LogP contribution < -0.4 is 4.72 Å². The van der Waals surface area contributed by atoms with Gasteiger partial charge in [-0.05, 0) is 25.7 Å². The molecule has 2 bridgehead atoms. The van der Waals surface area contributed by atoms with Crippen molar-refractivity contribution < 1.29 is 30.5 Å². The Balaban J connectivity index is 1.70. The number of hydroxylamine groups is 2. The van der Waals surface area contributed by atoms with Crippen molar-refractivity contribution in [3.8, 4) is 0 Å². The Hall–Kier alpha value is -1.44. The van der Waals surface area contributed by atoms with Crippen LogP contribution in [0.1, 0.15) is 32.1 Å². The fraction of sp³-hybridized carbons (Fsp3) is 0.818. The van der Waals surface area contributed by atoms with E-state index in [-0.39, 0.29) is 18.8 Å². The second-order valence-corrected chi connectivity index (χ2v) is 9.09. The molecule has 11 nitrogen and oxygen atoms in total. The van der Waals surface area contributed by atoms with Crippen molar-refractivity contribution >= 4 is 32.3 Å². The van der Waals surface area contributed by atoms with Gasteiger partial charge in [0, 0.05) is 6.54 Å². The number of sulfonamides is 1. The topological polar surface area (TPSA) is 157 Å². The van der Waals surface area contributed by atoms with Gasteiger partial charge in [-0.15, -0.1) is 4.28 Å². The normalized spacial score (nSPS) is 28.0. The molecule has 0 spiro atoms. The molecule has 2 atom stereocenters. The van der Waals surface area contributed by atoms with Crippen LogP contribution in [0.3, 0.4) is 0 Å². The summed E-state index contributed by atoms with van der Waals surface area (Å²) in [4.78, 5) is 13.4. The van der Waals surface area contributed by atoms with Crippen LogP contribution in [0.5, 0.6) is 0 Å². The maximum absolute atomic E-state index is 12.2. The van der Waals surface area contributed by atoms with Gasteiger partial charge in [0.2, 0.25) is 10.0 Å². The number of fused-ring (bicyclic) bond motifs is 2. The Labute approximate surface area is 139 Å². The van der Waals surface area contributed by atoms with Crippen LogP contribution in [0.15, 0.2) is 0 Å². The lowest BCUT2D eigenvalue weighted by molar-refractivity contribution is -0.0316. The molecule has 0 aromatic heterocycles. The average Bonchev–Trinajstić information content (AvgIpc) is 2.59. The average molecular weight is 382 g/mol. The van der Waals surface area contributed by atoms with E-state index in [1.165, 1.54) is 4.90 Å². The molecule has 1 saturated carbocycles. The first-order chi connectivity index (χ1) is 11.1. The maximum Gasteiger partial charge on any atom is 0.418 e. The van der Waals surface area contributed by atoms with Gasteiger partial charge in [-0.3, -0.25) is 14.7 Å². The fourth-order valence-electron chi connectivity index (χ4n) is 3.12. The molecular formula is C11H18N4O7S2. The number of nitrogens with zero attached hydrogens (tertiary/aromatic N) is 2. The molecule has 136 valence electrons. The molecule has 1 aliphatic carbocycles. The second kappa shape index (κ2) is 5.82. The van der Waals surface area contributed by atoms with E-state index in [9.17, 15) is 21.6 Å². The molecule has 3 fully saturated rings. The first-order valence-electron chi connectivity index (χ1n) is 7.45. The Morgan fingerprint density at radius 2 is 1.88 bits per heavy atom. The van der Waals surface area contributed by atoms with Crippen molar-refractivity contribution in [2.75, 3.05) is 6.54 Å². The van der Waals surface area contributed by atoms with E-state index in [1.54, 1.807) is 0 Å². The highest BCUT2D eigenvalue weighted by Crippen LogP contribution is 2.31. The Bertz CT molecular complexity index is 761. The molecule has 3 rings (SSSR count). The van der Waals surface area contributed by atoms with Crippen molar-refractivity contribution in [1.82, 2.24) is 14.7 Å². The smallest absolute Gasteiger partial charge is 0.310 e. The van der Waals surface area contributed by atoms with E-state index in [2.05, 4.69) is 9.01 Å². The highest BCUT2D eigenvalue weighted by molar-refractivity contribution is 7.90. The summed E-state index contributed by atoms with van der Waals surface area (Å²) in [6.45, 7) is 0.0898. The number of amidine groups is 1. The minimum Gasteiger partial charge on any atom is -0.310 e. The van der Waals surface area contributed by atoms with Crippen molar-refractivity contribution in [3.63, 3.8) is 0 Å². The zero-order chi connectivity index (χ0) is 17.7. The standard InChI is InChI=1S/C11H18N4O7S2/c12-10(13-23(17,18)8-2-1-3-8)9-5-4-7-6-14(9)11(16)15(7)22-24(19,20)21/h7-9H,1-6H2,(H2,12,13)(H,19,20,21)/t7-,9+/m1/s1. The van der Waals surface area contributed by atoms with Crippen LogP contribution in [-0.2, 0) is 24.7 Å². The van der Waals surface area contributed by atoms with Gasteiger partial charge in [0.05, 0.1) is 17.3 Å². The van der Waals surface area contributed by atoms with Gasteiger partial charge in [-0.25, -0.2) is 13.2 Å². The summed E-state index contributed by atoms with van der Waals surface area (Å²) < 4.78 is 61.1. The summed E-state index contributed by atoms with van der Waals surface area (Å²) in [7, 11) is -8.48. The SMILES string of the molecule is N=C(NS(=O)(=O)C1CCC1)[C@@H]1CC[C@@H]2CN1C(=O)N2OS(=O)(=O)O. The molecular weight excluding hydrogens is 364 g/mol. The monoisotopic (exact) mass is 382 g/mol. The number of amides is 2. The third-order valence-electron chi connectivity index (χ3n) is 4.57. The third-order valence-corrected chi connectivity index (χ3v) is 6.78. The van der Waals surface area contributed by atoms with Crippen LogP contribution >= 0.6 is 0 Å². The molecule has 0 aromatic rings. The summed E-state index contributed by atoms with van der Waals surface area (Å²) >= 11 is 0. The van der Waals surface area contributed by atoms with Gasteiger partial charge in [0.1, 0.15) is 5.84 Å². The summed E-state index contributed by atoms with van der Waals surface area (Å²) in [5, 5.41) is 8.06. The first-order valence-corrected chi connectivity index (χ1v) is 10.4. The van der Waals surface area contributed by atoms with E-state index in [4.69, 9.17) is 9.96 Å². The quantitative estimate of drug-likeness (QED) is 0.327. The number of carbonyl (C=O) groups excluding carboxylic acids is 1. The minimum atomic E-state index is -4.84. The van der Waals surface area contributed by atoms with Crippen molar-refractivity contribution in [3.05, 3.63) is 0 Å². The largest absolute Gasteiger partial charge is 0.418 e. The zero-order valence-corrected chi connectivity index (χ0v) is 14.2. The van der Waals surface area contributed by atoms with Crippen LogP contribution in [0.4, 0.5) is 4.79 Å². The molecule has 0 radical (unpaired) electrons. The number of carbonyl (C=O) groups is 1. The highest BCUT2D eigenvalue weighted by Gasteiger charge is 2.49. The van der Waals surface area contributed by atoms with Gasteiger partial charge in [0.25, 0.3) is 0 Å². The van der Waals surface area contributed by atoms with Crippen molar-refractivity contribution in [2.45, 2.75) is 49.4 Å². The lowest BCUT2D eigenvalue weighted by Gasteiger charge is -2.32. The zero-order valence-electron chi connectivity index (χ0n) is 12.6. The van der Waals surface area contributed by atoms with Crippen LogP contribution in [0.2, 0.25) is 0 Å². The van der Waals surface area contributed by atoms with E-state index in [1.807, 2.05) is 0 Å². The lowest BCUT2D eigenvalue weighted by Crippen LogP contribution is -2.52. The summed E-state index contributed by atoms with van der Waals surface area (Å²) in [5.74, 6) is -0.317. The summed E-state index contributed by atoms with van der Waals surface area (Å²) in [6, 6.07) is -2.21. The van der Waals surface area contributed by atoms with Crippen molar-refractivity contribution in [2.24, 2.45) is 0 Å². The van der Waals surface area contributed by atoms with E-state index in [0.717, 1.165) is 6.42 Å². The van der Waals surface area contributed by atoms with Gasteiger partial charge in [0.15, 0.2) is 0 Å². The molecule has 24 heavy (non-hydrogen) atoms. The first kappa shape index (κ1) is 17.4. The molecule has 2 amide bonds. The second-order valence-electron chi connectivity index (χ2n) is 6.12. The molecule has 13 heteroatoms. The number of hydrogen-bond acceptors (Lipinski definition) is 7. The molecule has 3 N–H and O–H groups in total. The predicted molar refractivity (Wildman–Crippen MR) is 80.8 cm³/mol.